The minimum Gasteiger partial charge on any atom is -0.325 e. The maximum absolute atomic E-state index is 13.1. The highest BCUT2D eigenvalue weighted by Crippen LogP contribution is 2.44. The Morgan fingerprint density at radius 3 is 1.87 bits per heavy atom. The molecule has 0 spiro atoms. The zero-order valence-corrected chi connectivity index (χ0v) is 18.7. The number of amides is 3. The first kappa shape index (κ1) is 20.9. The topological polar surface area (TPSA) is 61.4 Å². The van der Waals surface area contributed by atoms with Crippen molar-refractivity contribution < 1.29 is 9.59 Å². The van der Waals surface area contributed by atoms with Crippen LogP contribution in [0.2, 0.25) is 0 Å². The number of halogens is 1. The number of benzene rings is 2. The summed E-state index contributed by atoms with van der Waals surface area (Å²) in [4.78, 5) is 27.5. The Morgan fingerprint density at radius 2 is 1.33 bits per heavy atom. The number of hydrogen-bond donors (Lipinski definition) is 2. The molecule has 2 fully saturated rings. The third kappa shape index (κ3) is 4.53. The molecule has 4 rings (SSSR count). The van der Waals surface area contributed by atoms with Crippen LogP contribution in [-0.2, 0) is 10.2 Å². The van der Waals surface area contributed by atoms with Crippen LogP contribution >= 0.6 is 15.9 Å². The van der Waals surface area contributed by atoms with E-state index in [1.165, 1.54) is 12.8 Å². The van der Waals surface area contributed by atoms with Gasteiger partial charge in [0, 0.05) is 28.9 Å². The summed E-state index contributed by atoms with van der Waals surface area (Å²) in [5, 5.41) is 6.05. The van der Waals surface area contributed by atoms with Crippen molar-refractivity contribution in [2.24, 2.45) is 0 Å². The van der Waals surface area contributed by atoms with Crippen molar-refractivity contribution >= 4 is 39.2 Å². The van der Waals surface area contributed by atoms with Gasteiger partial charge in [-0.15, -0.1) is 0 Å². The molecule has 1 aliphatic heterocycles. The molecule has 0 bridgehead atoms. The molecule has 0 radical (unpaired) electrons. The van der Waals surface area contributed by atoms with Crippen LogP contribution in [0.5, 0.6) is 0 Å². The van der Waals surface area contributed by atoms with Crippen LogP contribution in [0.4, 0.5) is 16.2 Å². The Balaban J connectivity index is 1.38. The zero-order valence-electron chi connectivity index (χ0n) is 17.1. The lowest BCUT2D eigenvalue weighted by Crippen LogP contribution is -2.46. The quantitative estimate of drug-likeness (QED) is 0.583. The predicted octanol–water partition coefficient (Wildman–Crippen LogP) is 5.92. The summed E-state index contributed by atoms with van der Waals surface area (Å²) in [6, 6.07) is 15.4. The number of likely N-dealkylation sites (tertiary alicyclic amines) is 1. The van der Waals surface area contributed by atoms with E-state index >= 15 is 0 Å². The number of nitrogens with zero attached hydrogens (tertiary/aromatic N) is 1. The molecule has 0 unspecified atom stereocenters. The van der Waals surface area contributed by atoms with Gasteiger partial charge in [-0.2, -0.15) is 0 Å². The number of hydrogen-bond acceptors (Lipinski definition) is 2. The standard InChI is InChI=1S/C24H28BrN3O2/c25-19-8-6-18(7-9-19)24(14-5-15-24)22(29)26-20-10-12-21(13-11-20)27-23(30)28-16-3-1-2-4-17-28/h6-13H,1-5,14-17H2,(H,26,29)(H,27,30). The van der Waals surface area contributed by atoms with E-state index in [-0.39, 0.29) is 11.9 Å². The van der Waals surface area contributed by atoms with Gasteiger partial charge in [0.2, 0.25) is 5.91 Å². The smallest absolute Gasteiger partial charge is 0.321 e. The summed E-state index contributed by atoms with van der Waals surface area (Å²) < 4.78 is 1.01. The summed E-state index contributed by atoms with van der Waals surface area (Å²) >= 11 is 3.46. The largest absolute Gasteiger partial charge is 0.325 e. The summed E-state index contributed by atoms with van der Waals surface area (Å²) in [7, 11) is 0. The Kier molecular flexibility index (Phi) is 6.42. The highest BCUT2D eigenvalue weighted by molar-refractivity contribution is 9.10. The highest BCUT2D eigenvalue weighted by atomic mass is 79.9. The van der Waals surface area contributed by atoms with Crippen LogP contribution < -0.4 is 10.6 Å². The zero-order chi connectivity index (χ0) is 21.0. The van der Waals surface area contributed by atoms with Gasteiger partial charge in [0.15, 0.2) is 0 Å². The van der Waals surface area contributed by atoms with Gasteiger partial charge >= 0.3 is 6.03 Å². The first-order chi connectivity index (χ1) is 14.6. The summed E-state index contributed by atoms with van der Waals surface area (Å²) in [5.41, 5.74) is 2.11. The average Bonchev–Trinajstić information content (AvgIpc) is 3.00. The molecule has 2 aromatic carbocycles. The van der Waals surface area contributed by atoms with E-state index in [0.717, 1.165) is 66.6 Å². The second kappa shape index (κ2) is 9.21. The molecule has 5 nitrogen and oxygen atoms in total. The van der Waals surface area contributed by atoms with E-state index in [0.29, 0.717) is 0 Å². The Hall–Kier alpha value is -2.34. The fourth-order valence-electron chi connectivity index (χ4n) is 4.31. The van der Waals surface area contributed by atoms with Crippen molar-refractivity contribution in [2.45, 2.75) is 50.4 Å². The Labute approximate surface area is 186 Å². The molecule has 6 heteroatoms. The van der Waals surface area contributed by atoms with Crippen LogP contribution in [-0.4, -0.2) is 29.9 Å². The number of rotatable bonds is 4. The summed E-state index contributed by atoms with van der Waals surface area (Å²) in [6.07, 6.45) is 7.32. The second-order valence-corrected chi connectivity index (χ2v) is 9.22. The van der Waals surface area contributed by atoms with E-state index in [1.807, 2.05) is 53.4 Å². The first-order valence-electron chi connectivity index (χ1n) is 10.8. The van der Waals surface area contributed by atoms with E-state index in [9.17, 15) is 9.59 Å². The van der Waals surface area contributed by atoms with Crippen LogP contribution in [0.3, 0.4) is 0 Å². The molecular weight excluding hydrogens is 442 g/mol. The van der Waals surface area contributed by atoms with E-state index in [4.69, 9.17) is 0 Å². The van der Waals surface area contributed by atoms with Gasteiger partial charge in [-0.1, -0.05) is 47.3 Å². The Bertz CT molecular complexity index is 884. The molecule has 0 atom stereocenters. The molecule has 30 heavy (non-hydrogen) atoms. The molecule has 1 heterocycles. The molecule has 1 saturated carbocycles. The third-order valence-corrected chi connectivity index (χ3v) is 6.85. The maximum atomic E-state index is 13.1. The normalized spacial score (nSPS) is 18.1. The molecule has 0 aromatic heterocycles. The summed E-state index contributed by atoms with van der Waals surface area (Å²) in [6.45, 7) is 1.64. The van der Waals surface area contributed by atoms with Crippen LogP contribution in [0.25, 0.3) is 0 Å². The molecule has 3 amide bonds. The van der Waals surface area contributed by atoms with Crippen molar-refractivity contribution in [1.29, 1.82) is 0 Å². The van der Waals surface area contributed by atoms with Crippen molar-refractivity contribution in [1.82, 2.24) is 4.90 Å². The van der Waals surface area contributed by atoms with Crippen LogP contribution in [0.1, 0.15) is 50.5 Å². The molecule has 2 aromatic rings. The van der Waals surface area contributed by atoms with Gasteiger partial charge in [-0.3, -0.25) is 4.79 Å². The number of carbonyl (C=O) groups is 2. The minimum atomic E-state index is -0.444. The fourth-order valence-corrected chi connectivity index (χ4v) is 4.57. The van der Waals surface area contributed by atoms with Gasteiger partial charge in [-0.05, 0) is 67.6 Å². The van der Waals surface area contributed by atoms with Gasteiger partial charge in [0.25, 0.3) is 0 Å². The van der Waals surface area contributed by atoms with Crippen LogP contribution in [0.15, 0.2) is 53.0 Å². The highest BCUT2D eigenvalue weighted by Gasteiger charge is 2.45. The molecule has 2 aliphatic rings. The molecule has 1 saturated heterocycles. The lowest BCUT2D eigenvalue weighted by Gasteiger charge is -2.40. The fraction of sp³-hybridized carbons (Fsp3) is 0.417. The lowest BCUT2D eigenvalue weighted by atomic mass is 9.64. The van der Waals surface area contributed by atoms with E-state index < -0.39 is 5.41 Å². The second-order valence-electron chi connectivity index (χ2n) is 8.31. The van der Waals surface area contributed by atoms with Gasteiger partial charge in [0.05, 0.1) is 5.41 Å². The van der Waals surface area contributed by atoms with Gasteiger partial charge < -0.3 is 15.5 Å². The van der Waals surface area contributed by atoms with Crippen molar-refractivity contribution in [3.63, 3.8) is 0 Å². The number of urea groups is 1. The monoisotopic (exact) mass is 469 g/mol. The van der Waals surface area contributed by atoms with Crippen molar-refractivity contribution in [3.8, 4) is 0 Å². The van der Waals surface area contributed by atoms with Crippen LogP contribution in [0, 0.1) is 0 Å². The predicted molar refractivity (Wildman–Crippen MR) is 124 cm³/mol. The molecule has 158 valence electrons. The first-order valence-corrected chi connectivity index (χ1v) is 11.6. The lowest BCUT2D eigenvalue weighted by molar-refractivity contribution is -0.124. The third-order valence-electron chi connectivity index (χ3n) is 6.33. The van der Waals surface area contributed by atoms with Gasteiger partial charge in [-0.25, -0.2) is 4.79 Å². The number of carbonyl (C=O) groups excluding carboxylic acids is 2. The summed E-state index contributed by atoms with van der Waals surface area (Å²) in [5.74, 6) is 0.0393. The maximum Gasteiger partial charge on any atom is 0.321 e. The van der Waals surface area contributed by atoms with E-state index in [2.05, 4.69) is 26.6 Å². The minimum absolute atomic E-state index is 0.0393. The average molecular weight is 470 g/mol. The van der Waals surface area contributed by atoms with Crippen molar-refractivity contribution in [3.05, 3.63) is 58.6 Å². The van der Waals surface area contributed by atoms with Gasteiger partial charge in [0.1, 0.15) is 0 Å². The Morgan fingerprint density at radius 1 is 0.767 bits per heavy atom. The SMILES string of the molecule is O=C(Nc1ccc(NC(=O)C2(c3ccc(Br)cc3)CCC2)cc1)N1CCCCCC1. The molecular formula is C24H28BrN3O2. The number of anilines is 2. The van der Waals surface area contributed by atoms with E-state index in [1.54, 1.807) is 0 Å². The molecule has 1 aliphatic carbocycles. The molecule has 2 N–H and O–H groups in total. The van der Waals surface area contributed by atoms with Crippen molar-refractivity contribution in [2.75, 3.05) is 23.7 Å². The number of nitrogens with one attached hydrogen (secondary N) is 2.